The summed E-state index contributed by atoms with van der Waals surface area (Å²) >= 11 is 1.52. The summed E-state index contributed by atoms with van der Waals surface area (Å²) in [5.74, 6) is 0.00492. The highest BCUT2D eigenvalue weighted by atomic mass is 32.2. The smallest absolute Gasteiger partial charge is 0.260 e. The molecule has 0 saturated heterocycles. The zero-order valence-electron chi connectivity index (χ0n) is 9.12. The van der Waals surface area contributed by atoms with Crippen LogP contribution < -0.4 is 10.5 Å². The molecule has 0 saturated carbocycles. The molecule has 2 aromatic heterocycles. The van der Waals surface area contributed by atoms with Crippen molar-refractivity contribution in [2.75, 3.05) is 5.73 Å². The molecule has 0 aliphatic rings. The second kappa shape index (κ2) is 4.47. The molecular weight excluding hydrogens is 260 g/mol. The lowest BCUT2D eigenvalue weighted by Crippen LogP contribution is -2.25. The van der Waals surface area contributed by atoms with Crippen LogP contribution in [0.5, 0.6) is 0 Å². The van der Waals surface area contributed by atoms with Crippen LogP contribution in [0.4, 0.5) is 5.82 Å². The van der Waals surface area contributed by atoms with E-state index in [1.165, 1.54) is 22.2 Å². The molecule has 17 heavy (non-hydrogen) atoms. The molecule has 0 aliphatic heterocycles. The van der Waals surface area contributed by atoms with E-state index in [1.807, 2.05) is 16.8 Å². The summed E-state index contributed by atoms with van der Waals surface area (Å²) in [5.41, 5.74) is 6.44. The molecule has 0 unspecified atom stereocenters. The Labute approximate surface area is 103 Å². The standard InChI is InChI=1S/C9H12N4O2S2/c1-13-6-11-8(10)9(13)17(14,15)12-4-7-2-3-16-5-7/h2-3,5-6,12H,4,10H2,1H3. The first-order valence-corrected chi connectivity index (χ1v) is 7.21. The highest BCUT2D eigenvalue weighted by molar-refractivity contribution is 7.89. The van der Waals surface area contributed by atoms with Crippen molar-refractivity contribution < 1.29 is 8.42 Å². The largest absolute Gasteiger partial charge is 0.381 e. The summed E-state index contributed by atoms with van der Waals surface area (Å²) in [4.78, 5) is 3.75. The number of nitrogen functional groups attached to an aromatic ring is 1. The van der Waals surface area contributed by atoms with Crippen LogP contribution in [0.3, 0.4) is 0 Å². The van der Waals surface area contributed by atoms with E-state index in [0.717, 1.165) is 5.56 Å². The van der Waals surface area contributed by atoms with Gasteiger partial charge in [-0.05, 0) is 22.4 Å². The monoisotopic (exact) mass is 272 g/mol. The molecule has 2 aromatic rings. The number of sulfonamides is 1. The Balaban J connectivity index is 2.20. The number of nitrogens with zero attached hydrogens (tertiary/aromatic N) is 2. The number of hydrogen-bond acceptors (Lipinski definition) is 5. The number of imidazole rings is 1. The Morgan fingerprint density at radius 1 is 1.59 bits per heavy atom. The van der Waals surface area contributed by atoms with Gasteiger partial charge < -0.3 is 10.3 Å². The van der Waals surface area contributed by atoms with Gasteiger partial charge in [0.05, 0.1) is 6.33 Å². The van der Waals surface area contributed by atoms with Gasteiger partial charge in [0.15, 0.2) is 10.8 Å². The third-order valence-electron chi connectivity index (χ3n) is 2.21. The molecule has 6 nitrogen and oxygen atoms in total. The van der Waals surface area contributed by atoms with E-state index in [9.17, 15) is 8.42 Å². The quantitative estimate of drug-likeness (QED) is 0.850. The zero-order chi connectivity index (χ0) is 12.5. The second-order valence-electron chi connectivity index (χ2n) is 3.50. The highest BCUT2D eigenvalue weighted by Crippen LogP contribution is 2.15. The van der Waals surface area contributed by atoms with Crippen molar-refractivity contribution in [2.24, 2.45) is 7.05 Å². The van der Waals surface area contributed by atoms with Gasteiger partial charge in [0.1, 0.15) is 0 Å². The van der Waals surface area contributed by atoms with E-state index < -0.39 is 10.0 Å². The SMILES string of the molecule is Cn1cnc(N)c1S(=O)(=O)NCc1ccsc1. The Hall–Kier alpha value is -1.38. The van der Waals surface area contributed by atoms with Crippen molar-refractivity contribution in [1.29, 1.82) is 0 Å². The average molecular weight is 272 g/mol. The maximum absolute atomic E-state index is 12.0. The predicted octanol–water partition coefficient (Wildman–Crippen LogP) is 0.542. The average Bonchev–Trinajstić information content (AvgIpc) is 2.86. The van der Waals surface area contributed by atoms with Gasteiger partial charge in [0.2, 0.25) is 0 Å². The van der Waals surface area contributed by atoms with Gasteiger partial charge in [0, 0.05) is 13.6 Å². The minimum absolute atomic E-state index is 0.00492. The topological polar surface area (TPSA) is 90.0 Å². The lowest BCUT2D eigenvalue weighted by molar-refractivity contribution is 0.572. The molecule has 8 heteroatoms. The van der Waals surface area contributed by atoms with Gasteiger partial charge in [0.25, 0.3) is 10.0 Å². The van der Waals surface area contributed by atoms with Gasteiger partial charge in [-0.2, -0.15) is 11.3 Å². The van der Waals surface area contributed by atoms with Crippen molar-refractivity contribution in [3.05, 3.63) is 28.7 Å². The molecule has 0 atom stereocenters. The number of rotatable bonds is 4. The number of anilines is 1. The first-order chi connectivity index (χ1) is 8.00. The number of aromatic nitrogens is 2. The lowest BCUT2D eigenvalue weighted by Gasteiger charge is -2.06. The molecule has 0 amide bonds. The first-order valence-electron chi connectivity index (χ1n) is 4.78. The molecule has 0 bridgehead atoms. The summed E-state index contributed by atoms with van der Waals surface area (Å²) in [6, 6.07) is 1.86. The summed E-state index contributed by atoms with van der Waals surface area (Å²) in [5, 5.41) is 3.77. The van der Waals surface area contributed by atoms with Crippen molar-refractivity contribution in [1.82, 2.24) is 14.3 Å². The lowest BCUT2D eigenvalue weighted by atomic mass is 10.4. The van der Waals surface area contributed by atoms with Crippen molar-refractivity contribution >= 4 is 27.2 Å². The molecule has 2 heterocycles. The van der Waals surface area contributed by atoms with Gasteiger partial charge in [-0.15, -0.1) is 0 Å². The van der Waals surface area contributed by atoms with Gasteiger partial charge in [-0.3, -0.25) is 0 Å². The molecule has 0 radical (unpaired) electrons. The number of nitrogens with one attached hydrogen (secondary N) is 1. The molecule has 2 rings (SSSR count). The van der Waals surface area contributed by atoms with Crippen molar-refractivity contribution in [3.8, 4) is 0 Å². The van der Waals surface area contributed by atoms with Crippen LogP contribution in [0.15, 0.2) is 28.2 Å². The molecular formula is C9H12N4O2S2. The Bertz CT molecular complexity index is 581. The van der Waals surface area contributed by atoms with Gasteiger partial charge in [-0.25, -0.2) is 18.1 Å². The molecule has 0 aliphatic carbocycles. The summed E-state index contributed by atoms with van der Waals surface area (Å²) in [7, 11) is -2.04. The normalized spacial score (nSPS) is 11.8. The highest BCUT2D eigenvalue weighted by Gasteiger charge is 2.21. The molecule has 0 aromatic carbocycles. The summed E-state index contributed by atoms with van der Waals surface area (Å²) in [6.45, 7) is 0.246. The van der Waals surface area contributed by atoms with Crippen LogP contribution in [0, 0.1) is 0 Å². The van der Waals surface area contributed by atoms with E-state index in [1.54, 1.807) is 7.05 Å². The van der Waals surface area contributed by atoms with Crippen LogP contribution in [0.25, 0.3) is 0 Å². The molecule has 0 spiro atoms. The van der Waals surface area contributed by atoms with Gasteiger partial charge in [-0.1, -0.05) is 0 Å². The van der Waals surface area contributed by atoms with Gasteiger partial charge >= 0.3 is 0 Å². The van der Waals surface area contributed by atoms with E-state index in [0.29, 0.717) is 0 Å². The Morgan fingerprint density at radius 2 is 2.35 bits per heavy atom. The number of hydrogen-bond donors (Lipinski definition) is 2. The number of aryl methyl sites for hydroxylation is 1. The van der Waals surface area contributed by atoms with E-state index in [4.69, 9.17) is 5.73 Å². The molecule has 92 valence electrons. The maximum Gasteiger partial charge on any atom is 0.260 e. The number of thiophene rings is 1. The zero-order valence-corrected chi connectivity index (χ0v) is 10.8. The Kier molecular flexibility index (Phi) is 3.18. The van der Waals surface area contributed by atoms with Crippen LogP contribution in [0.1, 0.15) is 5.56 Å². The first kappa shape index (κ1) is 12.1. The summed E-state index contributed by atoms with van der Waals surface area (Å²) in [6.07, 6.45) is 1.37. The Morgan fingerprint density at radius 3 is 2.88 bits per heavy atom. The fraction of sp³-hybridized carbons (Fsp3) is 0.222. The molecule has 3 N–H and O–H groups in total. The minimum atomic E-state index is -3.62. The van der Waals surface area contributed by atoms with E-state index in [-0.39, 0.29) is 17.4 Å². The second-order valence-corrected chi connectivity index (χ2v) is 5.96. The van der Waals surface area contributed by atoms with Crippen LogP contribution in [-0.4, -0.2) is 18.0 Å². The van der Waals surface area contributed by atoms with Crippen molar-refractivity contribution in [2.45, 2.75) is 11.6 Å². The molecule has 0 fully saturated rings. The van der Waals surface area contributed by atoms with E-state index in [2.05, 4.69) is 9.71 Å². The third-order valence-corrected chi connectivity index (χ3v) is 4.47. The minimum Gasteiger partial charge on any atom is -0.381 e. The third kappa shape index (κ3) is 2.48. The van der Waals surface area contributed by atoms with Crippen LogP contribution >= 0.6 is 11.3 Å². The van der Waals surface area contributed by atoms with Crippen molar-refractivity contribution in [3.63, 3.8) is 0 Å². The predicted molar refractivity (Wildman–Crippen MR) is 66.0 cm³/mol. The van der Waals surface area contributed by atoms with Crippen LogP contribution in [0.2, 0.25) is 0 Å². The maximum atomic E-state index is 12.0. The number of nitrogens with two attached hydrogens (primary N) is 1. The van der Waals surface area contributed by atoms with Crippen LogP contribution in [-0.2, 0) is 23.6 Å². The fourth-order valence-electron chi connectivity index (χ4n) is 1.40. The van der Waals surface area contributed by atoms with E-state index >= 15 is 0 Å². The summed E-state index contributed by atoms with van der Waals surface area (Å²) < 4.78 is 27.8. The fourth-order valence-corrected chi connectivity index (χ4v) is 3.32.